The Balaban J connectivity index is 0. The number of rotatable bonds is 0. The van der Waals surface area contributed by atoms with Crippen molar-refractivity contribution in [3.63, 3.8) is 0 Å². The van der Waals surface area contributed by atoms with Crippen LogP contribution in [-0.4, -0.2) is 12.2 Å². The molecule has 0 spiro atoms. The molecule has 0 aliphatic carbocycles. The van der Waals surface area contributed by atoms with Gasteiger partial charge in [0.1, 0.15) is 0 Å². The van der Waals surface area contributed by atoms with Crippen molar-refractivity contribution in [2.45, 2.75) is 0 Å². The molecule has 0 radical (unpaired) electrons. The predicted molar refractivity (Wildman–Crippen MR) is 8.83 cm³/mol. The third-order valence-corrected chi connectivity index (χ3v) is 0. The van der Waals surface area contributed by atoms with E-state index in [0.717, 1.165) is 7.11 Å². The second-order valence-electron chi connectivity index (χ2n) is 0. The molecular weight excluding hydrogens is 225 g/mol. The number of aliphatic hydroxyl groups is 1. The maximum absolute atomic E-state index is 8.36. The van der Waals surface area contributed by atoms with E-state index in [4.69, 9.17) is 8.36 Å². The van der Waals surface area contributed by atoms with Gasteiger partial charge in [-0.3, -0.25) is 0 Å². The van der Waals surface area contributed by atoms with Gasteiger partial charge in [-0.25, -0.2) is 0 Å². The third-order valence-electron chi connectivity index (χ3n) is 0. The molecule has 2 nitrogen and oxygen atoms in total. The monoisotopic (exact) mass is 229 g/mol. The Kier molecular flexibility index (Phi) is 193. The van der Waals surface area contributed by atoms with E-state index < -0.39 is 0 Å². The molecule has 0 saturated carbocycles. The third kappa shape index (κ3) is 22.5. The maximum atomic E-state index is 8.36. The fraction of sp³-hybridized carbons (Fsp3) is 1.00. The summed E-state index contributed by atoms with van der Waals surface area (Å²) in [5, 5.41) is 7.00. The molecule has 0 rings (SSSR count). The summed E-state index contributed by atoms with van der Waals surface area (Å²) in [4.78, 5) is 0. The zero-order chi connectivity index (χ0) is 4.00. The Bertz CT molecular complexity index is 6.00. The average molecular weight is 229 g/mol. The van der Waals surface area contributed by atoms with Gasteiger partial charge in [-0.2, -0.15) is 0 Å². The summed E-state index contributed by atoms with van der Waals surface area (Å²) in [7, 11) is 1.00. The predicted octanol–water partition coefficient (Wildman–Crippen LogP) is -0.513. The first-order chi connectivity index (χ1) is 2.00. The second kappa shape index (κ2) is 87.4. The summed E-state index contributed by atoms with van der Waals surface area (Å²) in [5.41, 5.74) is 0. The zero-order valence-corrected chi connectivity index (χ0v) is 5.52. The normalized spacial score (nSPS) is 2.25. The van der Waals surface area contributed by atoms with E-state index in [-0.39, 0.29) is 21.0 Å². The van der Waals surface area contributed by atoms with Crippen LogP contribution in [0.5, 0.6) is 0 Å². The summed E-state index contributed by atoms with van der Waals surface area (Å²) in [5.74, 6) is 0. The fourth-order valence-electron chi connectivity index (χ4n) is 0. The molecule has 0 heterocycles. The van der Waals surface area contributed by atoms with Crippen molar-refractivity contribution in [2.24, 2.45) is 0 Å². The summed E-state index contributed by atoms with van der Waals surface area (Å²) in [6.45, 7) is 0. The topological polar surface area (TPSA) is 37.3 Å². The van der Waals surface area contributed by atoms with Crippen molar-refractivity contribution in [1.82, 2.24) is 0 Å². The number of hydrogen-bond acceptors (Lipinski definition) is 2. The molecule has 3 heteroatoms. The molecule has 4 heavy (non-hydrogen) atoms. The van der Waals surface area contributed by atoms with Crippen LogP contribution < -0.4 is 0 Å². The van der Waals surface area contributed by atoms with Crippen LogP contribution in [0.1, 0.15) is 0 Å². The molecule has 25 valence electrons. The first-order valence-corrected chi connectivity index (χ1v) is 1.94. The summed E-state index contributed by atoms with van der Waals surface area (Å²) in [6.07, 6.45) is 0. The standard InChI is InChI=1S/CH4O.O.Ta/c1-2;;/h2H,1H3;;. The average Bonchev–Trinajstić information content (AvgIpc) is 1.50. The minimum atomic E-state index is 0.194. The molecule has 0 fully saturated rings. The Morgan fingerprint density at radius 3 is 1.50 bits per heavy atom. The summed E-state index contributed by atoms with van der Waals surface area (Å²) >= 11 is 0.194. The van der Waals surface area contributed by atoms with Crippen LogP contribution in [0.4, 0.5) is 0 Å². The number of aliphatic hydroxyl groups excluding tert-OH is 1. The van der Waals surface area contributed by atoms with Gasteiger partial charge in [0.2, 0.25) is 0 Å². The van der Waals surface area contributed by atoms with Crippen molar-refractivity contribution in [2.75, 3.05) is 7.11 Å². The van der Waals surface area contributed by atoms with E-state index in [2.05, 4.69) is 0 Å². The van der Waals surface area contributed by atoms with Gasteiger partial charge < -0.3 is 5.11 Å². The van der Waals surface area contributed by atoms with E-state index in [1.54, 1.807) is 0 Å². The summed E-state index contributed by atoms with van der Waals surface area (Å²) < 4.78 is 8.36. The molecule has 0 saturated heterocycles. The SMILES string of the molecule is CO.[O]=[Ta]. The summed E-state index contributed by atoms with van der Waals surface area (Å²) in [6, 6.07) is 0. The van der Waals surface area contributed by atoms with Crippen LogP contribution >= 0.6 is 0 Å². The van der Waals surface area contributed by atoms with Crippen molar-refractivity contribution >= 4 is 0 Å². The van der Waals surface area contributed by atoms with Crippen LogP contribution in [0.25, 0.3) is 0 Å². The molecule has 0 bridgehead atoms. The van der Waals surface area contributed by atoms with E-state index in [0.29, 0.717) is 0 Å². The number of hydrogen-bond donors (Lipinski definition) is 1. The zero-order valence-electron chi connectivity index (χ0n) is 2.30. The molecule has 0 aromatic rings. The van der Waals surface area contributed by atoms with Gasteiger partial charge in [0.25, 0.3) is 0 Å². The van der Waals surface area contributed by atoms with E-state index in [1.165, 1.54) is 0 Å². The van der Waals surface area contributed by atoms with Gasteiger partial charge in [-0.15, -0.1) is 0 Å². The Labute approximate surface area is 37.1 Å². The van der Waals surface area contributed by atoms with Crippen molar-refractivity contribution in [3.8, 4) is 0 Å². The first-order valence-electron chi connectivity index (χ1n) is 0.630. The van der Waals surface area contributed by atoms with Crippen molar-refractivity contribution < 1.29 is 29.4 Å². The van der Waals surface area contributed by atoms with E-state index in [1.807, 2.05) is 0 Å². The van der Waals surface area contributed by atoms with Crippen LogP contribution in [0, 0.1) is 0 Å². The molecule has 0 aliphatic rings. The van der Waals surface area contributed by atoms with Gasteiger partial charge in [0.05, 0.1) is 0 Å². The molecule has 1 N–H and O–H groups in total. The van der Waals surface area contributed by atoms with Gasteiger partial charge >= 0.3 is 24.3 Å². The van der Waals surface area contributed by atoms with Gasteiger partial charge in [-0.1, -0.05) is 0 Å². The van der Waals surface area contributed by atoms with Crippen LogP contribution in [0.15, 0.2) is 0 Å². The molecule has 0 amide bonds. The Morgan fingerprint density at radius 2 is 1.50 bits per heavy atom. The van der Waals surface area contributed by atoms with Gasteiger partial charge in [0, 0.05) is 7.11 Å². The first kappa shape index (κ1) is 8.82. The molecule has 0 aromatic heterocycles. The second-order valence-corrected chi connectivity index (χ2v) is 0. The Morgan fingerprint density at radius 1 is 1.50 bits per heavy atom. The van der Waals surface area contributed by atoms with Gasteiger partial charge in [-0.05, 0) is 0 Å². The fourth-order valence-corrected chi connectivity index (χ4v) is 0. The van der Waals surface area contributed by atoms with Crippen LogP contribution in [-0.2, 0) is 24.3 Å². The Hall–Kier alpha value is 0.500. The van der Waals surface area contributed by atoms with E-state index >= 15 is 0 Å². The van der Waals surface area contributed by atoms with Gasteiger partial charge in [0.15, 0.2) is 0 Å². The molecular formula is CH4O2Ta. The minimum absolute atomic E-state index is 0.194. The van der Waals surface area contributed by atoms with Crippen LogP contribution in [0.2, 0.25) is 0 Å². The van der Waals surface area contributed by atoms with E-state index in [9.17, 15) is 0 Å². The van der Waals surface area contributed by atoms with Crippen LogP contribution in [0.3, 0.4) is 0 Å². The quantitative estimate of drug-likeness (QED) is 0.607. The molecule has 0 atom stereocenters. The van der Waals surface area contributed by atoms with Crippen molar-refractivity contribution in [3.05, 3.63) is 0 Å². The molecule has 0 aromatic carbocycles. The van der Waals surface area contributed by atoms with Crippen molar-refractivity contribution in [1.29, 1.82) is 0 Å². The molecule has 0 unspecified atom stereocenters. The molecule has 0 aliphatic heterocycles.